The Morgan fingerprint density at radius 2 is 2.17 bits per heavy atom. The summed E-state index contributed by atoms with van der Waals surface area (Å²) in [7, 11) is 1.64. The molecule has 0 radical (unpaired) electrons. The zero-order valence-electron chi connectivity index (χ0n) is 13.8. The van der Waals surface area contributed by atoms with Crippen LogP contribution in [0.3, 0.4) is 0 Å². The van der Waals surface area contributed by atoms with Gasteiger partial charge in [-0.05, 0) is 25.3 Å². The van der Waals surface area contributed by atoms with Crippen molar-refractivity contribution < 1.29 is 18.7 Å². The van der Waals surface area contributed by atoms with Gasteiger partial charge in [0.1, 0.15) is 5.82 Å². The van der Waals surface area contributed by atoms with Crippen molar-refractivity contribution in [2.75, 3.05) is 20.2 Å². The Balaban J connectivity index is 1.77. The molecule has 3 atom stereocenters. The number of hydrogen-bond donors (Lipinski definition) is 1. The van der Waals surface area contributed by atoms with Crippen molar-refractivity contribution in [2.45, 2.75) is 37.8 Å². The normalized spacial score (nSPS) is 27.3. The lowest BCUT2D eigenvalue weighted by atomic mass is 9.83. The fraction of sp³-hybridized carbons (Fsp3) is 0.556. The van der Waals surface area contributed by atoms with Gasteiger partial charge in [-0.3, -0.25) is 9.59 Å². The minimum Gasteiger partial charge on any atom is -0.376 e. The number of nitrogens with zero attached hydrogens (tertiary/aromatic N) is 1. The molecule has 1 N–H and O–H groups in total. The van der Waals surface area contributed by atoms with Crippen molar-refractivity contribution in [1.29, 1.82) is 0 Å². The first kappa shape index (κ1) is 16.9. The molecule has 2 aliphatic rings. The van der Waals surface area contributed by atoms with Crippen molar-refractivity contribution in [2.24, 2.45) is 5.92 Å². The number of rotatable bonds is 4. The Labute approximate surface area is 141 Å². The van der Waals surface area contributed by atoms with Crippen LogP contribution in [0.1, 0.15) is 37.3 Å². The molecule has 3 rings (SSSR count). The van der Waals surface area contributed by atoms with E-state index in [0.717, 1.165) is 19.4 Å². The fourth-order valence-corrected chi connectivity index (χ4v) is 3.60. The van der Waals surface area contributed by atoms with Crippen molar-refractivity contribution in [3.8, 4) is 0 Å². The minimum absolute atomic E-state index is 0.0591. The summed E-state index contributed by atoms with van der Waals surface area (Å²) in [5.41, 5.74) is 0.394. The topological polar surface area (TPSA) is 58.6 Å². The van der Waals surface area contributed by atoms with Crippen molar-refractivity contribution in [3.63, 3.8) is 0 Å². The highest BCUT2D eigenvalue weighted by Gasteiger charge is 2.40. The summed E-state index contributed by atoms with van der Waals surface area (Å²) in [6.07, 6.45) is 2.75. The molecule has 24 heavy (non-hydrogen) atoms. The van der Waals surface area contributed by atoms with Crippen molar-refractivity contribution >= 4 is 11.8 Å². The van der Waals surface area contributed by atoms with Crippen LogP contribution in [0.5, 0.6) is 0 Å². The third-order valence-corrected chi connectivity index (χ3v) is 4.95. The summed E-state index contributed by atoms with van der Waals surface area (Å²) in [4.78, 5) is 26.2. The van der Waals surface area contributed by atoms with Crippen LogP contribution in [0, 0.1) is 11.7 Å². The smallest absolute Gasteiger partial charge is 0.225 e. The maximum absolute atomic E-state index is 14.3. The number of piperidine rings is 1. The van der Waals surface area contributed by atoms with E-state index in [4.69, 9.17) is 4.74 Å². The highest BCUT2D eigenvalue weighted by molar-refractivity contribution is 5.84. The molecule has 2 fully saturated rings. The summed E-state index contributed by atoms with van der Waals surface area (Å²) < 4.78 is 19.8. The third-order valence-electron chi connectivity index (χ3n) is 4.95. The second kappa shape index (κ2) is 7.30. The van der Waals surface area contributed by atoms with Crippen molar-refractivity contribution in [1.82, 2.24) is 10.2 Å². The van der Waals surface area contributed by atoms with Crippen LogP contribution < -0.4 is 5.32 Å². The van der Waals surface area contributed by atoms with Gasteiger partial charge < -0.3 is 15.0 Å². The lowest BCUT2D eigenvalue weighted by Gasteiger charge is -2.38. The van der Waals surface area contributed by atoms with Gasteiger partial charge in [0.15, 0.2) is 0 Å². The molecule has 2 aliphatic heterocycles. The van der Waals surface area contributed by atoms with Crippen LogP contribution in [0.25, 0.3) is 0 Å². The molecule has 6 heteroatoms. The van der Waals surface area contributed by atoms with Gasteiger partial charge in [-0.25, -0.2) is 4.39 Å². The molecule has 0 aromatic heterocycles. The maximum atomic E-state index is 14.3. The molecule has 0 spiro atoms. The highest BCUT2D eigenvalue weighted by Crippen LogP contribution is 2.37. The first-order chi connectivity index (χ1) is 11.6. The van der Waals surface area contributed by atoms with Gasteiger partial charge in [0.2, 0.25) is 11.8 Å². The molecule has 0 aliphatic carbocycles. The molecule has 1 aromatic rings. The number of amides is 2. The number of ether oxygens (including phenoxy) is 1. The second-order valence-electron chi connectivity index (χ2n) is 6.50. The van der Waals surface area contributed by atoms with Crippen molar-refractivity contribution in [3.05, 3.63) is 35.6 Å². The molecule has 0 unspecified atom stereocenters. The standard InChI is InChI=1S/C18H23FN2O3/c1-21-16(22)9-8-14(17(21)13-6-2-3-7-15(13)19)18(23)20-11-12-5-4-10-24-12/h2-3,6-7,12,14,17H,4-5,8-11H2,1H3,(H,20,23)/t12-,14-,17+/m0/s1. The molecule has 1 aromatic carbocycles. The fourth-order valence-electron chi connectivity index (χ4n) is 3.60. The summed E-state index contributed by atoms with van der Waals surface area (Å²) in [6.45, 7) is 1.20. The van der Waals surface area contributed by atoms with E-state index in [1.807, 2.05) is 0 Å². The monoisotopic (exact) mass is 334 g/mol. The minimum atomic E-state index is -0.572. The predicted octanol–water partition coefficient (Wildman–Crippen LogP) is 2.03. The molecule has 0 saturated carbocycles. The van der Waals surface area contributed by atoms with E-state index in [-0.39, 0.29) is 23.7 Å². The predicted molar refractivity (Wildman–Crippen MR) is 86.6 cm³/mol. The SMILES string of the molecule is CN1C(=O)CC[C@H](C(=O)NC[C@@H]2CCCO2)[C@H]1c1ccccc1F. The Kier molecular flexibility index (Phi) is 5.14. The van der Waals surface area contributed by atoms with E-state index in [9.17, 15) is 14.0 Å². The van der Waals surface area contributed by atoms with E-state index in [1.54, 1.807) is 25.2 Å². The van der Waals surface area contributed by atoms with E-state index in [2.05, 4.69) is 5.32 Å². The largest absolute Gasteiger partial charge is 0.376 e. The first-order valence-electron chi connectivity index (χ1n) is 8.47. The number of nitrogens with one attached hydrogen (secondary N) is 1. The van der Waals surface area contributed by atoms with E-state index in [1.165, 1.54) is 11.0 Å². The number of hydrogen-bond acceptors (Lipinski definition) is 3. The average molecular weight is 334 g/mol. The molecule has 2 heterocycles. The maximum Gasteiger partial charge on any atom is 0.225 e. The molecule has 5 nitrogen and oxygen atoms in total. The molecule has 0 bridgehead atoms. The summed E-state index contributed by atoms with van der Waals surface area (Å²) in [5.74, 6) is -1.04. The van der Waals surface area contributed by atoms with Gasteiger partial charge in [0, 0.05) is 32.2 Å². The molecular formula is C18H23FN2O3. The summed E-state index contributed by atoms with van der Waals surface area (Å²) in [6, 6.07) is 5.78. The zero-order valence-corrected chi connectivity index (χ0v) is 13.8. The molecule has 2 amide bonds. The second-order valence-corrected chi connectivity index (χ2v) is 6.50. The zero-order chi connectivity index (χ0) is 17.1. The van der Waals surface area contributed by atoms with Gasteiger partial charge >= 0.3 is 0 Å². The van der Waals surface area contributed by atoms with Crippen LogP contribution in [-0.4, -0.2) is 43.0 Å². The van der Waals surface area contributed by atoms with Gasteiger partial charge in [0.25, 0.3) is 0 Å². The van der Waals surface area contributed by atoms with E-state index >= 15 is 0 Å². The van der Waals surface area contributed by atoms with Crippen LogP contribution >= 0.6 is 0 Å². The Morgan fingerprint density at radius 1 is 1.38 bits per heavy atom. The quantitative estimate of drug-likeness (QED) is 0.917. The third kappa shape index (κ3) is 3.43. The molecule has 2 saturated heterocycles. The van der Waals surface area contributed by atoms with Crippen LogP contribution in [0.15, 0.2) is 24.3 Å². The van der Waals surface area contributed by atoms with Gasteiger partial charge in [-0.1, -0.05) is 18.2 Å². The Morgan fingerprint density at radius 3 is 2.88 bits per heavy atom. The average Bonchev–Trinajstić information content (AvgIpc) is 3.09. The highest BCUT2D eigenvalue weighted by atomic mass is 19.1. The molecule has 130 valence electrons. The van der Waals surface area contributed by atoms with Gasteiger partial charge in [-0.15, -0.1) is 0 Å². The Bertz CT molecular complexity index is 616. The summed E-state index contributed by atoms with van der Waals surface area (Å²) >= 11 is 0. The Hall–Kier alpha value is -1.95. The van der Waals surface area contributed by atoms with Gasteiger partial charge in [0.05, 0.1) is 18.1 Å². The van der Waals surface area contributed by atoms with Crippen LogP contribution in [0.2, 0.25) is 0 Å². The van der Waals surface area contributed by atoms with E-state index in [0.29, 0.717) is 24.9 Å². The molecular weight excluding hydrogens is 311 g/mol. The number of likely N-dealkylation sites (tertiary alicyclic amines) is 1. The number of benzene rings is 1. The van der Waals surface area contributed by atoms with Gasteiger partial charge in [-0.2, -0.15) is 0 Å². The number of carbonyl (C=O) groups is 2. The van der Waals surface area contributed by atoms with Crippen LogP contribution in [0.4, 0.5) is 4.39 Å². The lowest BCUT2D eigenvalue weighted by molar-refractivity contribution is -0.141. The first-order valence-corrected chi connectivity index (χ1v) is 8.47. The lowest BCUT2D eigenvalue weighted by Crippen LogP contribution is -2.47. The van der Waals surface area contributed by atoms with Crippen LogP contribution in [-0.2, 0) is 14.3 Å². The number of carbonyl (C=O) groups excluding carboxylic acids is 2. The number of halogens is 1. The summed E-state index contributed by atoms with van der Waals surface area (Å²) in [5, 5.41) is 2.92. The van der Waals surface area contributed by atoms with E-state index < -0.39 is 12.0 Å².